The minimum Gasteiger partial charge on any atom is -0.0688 e. The Labute approximate surface area is 133 Å². The first-order chi connectivity index (χ1) is 10.5. The van der Waals surface area contributed by atoms with E-state index in [1.807, 2.05) is 0 Å². The molecule has 0 nitrogen and oxygen atoms in total. The molecule has 0 saturated carbocycles. The summed E-state index contributed by atoms with van der Waals surface area (Å²) in [5, 5.41) is 5.49. The average molecular weight is 302 g/mol. The number of rotatable bonds is 1. The Hall–Kier alpha value is -1.86. The molecule has 0 heterocycles. The summed E-state index contributed by atoms with van der Waals surface area (Å²) >= 11 is 0. The molecule has 0 amide bonds. The van der Waals surface area contributed by atoms with Gasteiger partial charge in [0.15, 0.2) is 0 Å². The van der Waals surface area contributed by atoms with E-state index in [1.54, 1.807) is 11.1 Å². The third-order valence-electron chi connectivity index (χ3n) is 5.01. The zero-order valence-corrected chi connectivity index (χ0v) is 14.8. The van der Waals surface area contributed by atoms with Crippen LogP contribution in [0.3, 0.4) is 0 Å². The topological polar surface area (TPSA) is 0 Å². The van der Waals surface area contributed by atoms with Crippen molar-refractivity contribution in [1.82, 2.24) is 0 Å². The molecular formula is C21H22Si. The molecule has 1 unspecified atom stereocenters. The summed E-state index contributed by atoms with van der Waals surface area (Å²) in [6, 6.07) is 18.0. The molecular weight excluding hydrogens is 280 g/mol. The van der Waals surface area contributed by atoms with Crippen LogP contribution in [0, 0.1) is 0 Å². The van der Waals surface area contributed by atoms with E-state index in [-0.39, 0.29) is 0 Å². The van der Waals surface area contributed by atoms with E-state index in [9.17, 15) is 0 Å². The number of benzene rings is 3. The molecule has 110 valence electrons. The van der Waals surface area contributed by atoms with E-state index in [2.05, 4.69) is 81.2 Å². The zero-order chi connectivity index (χ0) is 15.5. The number of fused-ring (bicyclic) bond motifs is 5. The van der Waals surface area contributed by atoms with Crippen molar-refractivity contribution < 1.29 is 0 Å². The van der Waals surface area contributed by atoms with Crippen molar-refractivity contribution in [3.63, 3.8) is 0 Å². The zero-order valence-electron chi connectivity index (χ0n) is 13.8. The first kappa shape index (κ1) is 13.8. The highest BCUT2D eigenvalue weighted by Gasteiger charge is 2.34. The molecule has 0 spiro atoms. The van der Waals surface area contributed by atoms with Crippen LogP contribution in [0.25, 0.3) is 27.6 Å². The Kier molecular flexibility index (Phi) is 2.86. The molecule has 4 rings (SSSR count). The molecule has 1 aliphatic carbocycles. The Morgan fingerprint density at radius 3 is 2.27 bits per heavy atom. The summed E-state index contributed by atoms with van der Waals surface area (Å²) in [4.78, 5) is 0. The van der Waals surface area contributed by atoms with Crippen molar-refractivity contribution in [3.8, 4) is 0 Å². The van der Waals surface area contributed by atoms with Crippen LogP contribution in [-0.2, 0) is 0 Å². The standard InChI is InChI=1S/C21H22Si/c1-14-13-20-18-10-9-15-7-5-6-8-16(15)17(18)11-12-19(20)21(14)22(2,3)4/h5-13,21H,1-4H3. The van der Waals surface area contributed by atoms with Crippen molar-refractivity contribution in [2.45, 2.75) is 32.1 Å². The average Bonchev–Trinajstić information content (AvgIpc) is 2.83. The van der Waals surface area contributed by atoms with Gasteiger partial charge in [0.25, 0.3) is 0 Å². The van der Waals surface area contributed by atoms with Crippen molar-refractivity contribution in [2.24, 2.45) is 0 Å². The molecule has 22 heavy (non-hydrogen) atoms. The van der Waals surface area contributed by atoms with Gasteiger partial charge in [-0.2, -0.15) is 0 Å². The molecule has 3 aromatic carbocycles. The third-order valence-corrected chi connectivity index (χ3v) is 7.50. The molecule has 0 fully saturated rings. The van der Waals surface area contributed by atoms with E-state index in [0.29, 0.717) is 5.54 Å². The molecule has 3 aromatic rings. The fraction of sp³-hybridized carbons (Fsp3) is 0.238. The lowest BCUT2D eigenvalue weighted by Gasteiger charge is -2.28. The Morgan fingerprint density at radius 1 is 0.773 bits per heavy atom. The summed E-state index contributed by atoms with van der Waals surface area (Å²) < 4.78 is 0. The summed E-state index contributed by atoms with van der Waals surface area (Å²) in [6.07, 6.45) is 2.44. The predicted molar refractivity (Wildman–Crippen MR) is 101 cm³/mol. The minimum atomic E-state index is -1.25. The predicted octanol–water partition coefficient (Wildman–Crippen LogP) is 6.37. The highest BCUT2D eigenvalue weighted by Crippen LogP contribution is 2.45. The van der Waals surface area contributed by atoms with E-state index in [4.69, 9.17) is 0 Å². The normalized spacial score (nSPS) is 17.8. The molecule has 1 atom stereocenters. The monoisotopic (exact) mass is 302 g/mol. The van der Waals surface area contributed by atoms with Crippen molar-refractivity contribution in [1.29, 1.82) is 0 Å². The van der Waals surface area contributed by atoms with E-state index < -0.39 is 8.07 Å². The Bertz CT molecular complexity index is 926. The van der Waals surface area contributed by atoms with Crippen LogP contribution in [0.15, 0.2) is 54.1 Å². The molecule has 1 heteroatoms. The second kappa shape index (κ2) is 4.56. The van der Waals surface area contributed by atoms with Gasteiger partial charge in [-0.3, -0.25) is 0 Å². The molecule has 0 aromatic heterocycles. The number of hydrogen-bond acceptors (Lipinski definition) is 0. The first-order valence-electron chi connectivity index (χ1n) is 8.09. The highest BCUT2D eigenvalue weighted by molar-refractivity contribution is 6.78. The van der Waals surface area contributed by atoms with Gasteiger partial charge < -0.3 is 0 Å². The van der Waals surface area contributed by atoms with E-state index >= 15 is 0 Å². The molecule has 0 aliphatic heterocycles. The van der Waals surface area contributed by atoms with Crippen LogP contribution in [0.1, 0.15) is 23.6 Å². The van der Waals surface area contributed by atoms with E-state index in [0.717, 1.165) is 0 Å². The maximum Gasteiger partial charge on any atom is 0.0569 e. The summed E-state index contributed by atoms with van der Waals surface area (Å²) in [5.74, 6) is 0. The van der Waals surface area contributed by atoms with Gasteiger partial charge in [-0.1, -0.05) is 79.8 Å². The molecule has 0 N–H and O–H groups in total. The summed E-state index contributed by atoms with van der Waals surface area (Å²) in [6.45, 7) is 9.76. The maximum atomic E-state index is 2.48. The van der Waals surface area contributed by atoms with Crippen LogP contribution < -0.4 is 0 Å². The van der Waals surface area contributed by atoms with Crippen LogP contribution in [0.2, 0.25) is 19.6 Å². The summed E-state index contributed by atoms with van der Waals surface area (Å²) in [7, 11) is -1.25. The van der Waals surface area contributed by atoms with Gasteiger partial charge in [-0.05, 0) is 39.6 Å². The van der Waals surface area contributed by atoms with Gasteiger partial charge in [-0.25, -0.2) is 0 Å². The van der Waals surface area contributed by atoms with Crippen molar-refractivity contribution in [3.05, 3.63) is 65.2 Å². The van der Waals surface area contributed by atoms with Crippen LogP contribution >= 0.6 is 0 Å². The maximum absolute atomic E-state index is 2.48. The molecule has 0 bridgehead atoms. The van der Waals surface area contributed by atoms with E-state index in [1.165, 1.54) is 27.1 Å². The van der Waals surface area contributed by atoms with Gasteiger partial charge >= 0.3 is 0 Å². The van der Waals surface area contributed by atoms with Crippen molar-refractivity contribution in [2.75, 3.05) is 0 Å². The Morgan fingerprint density at radius 2 is 1.50 bits per heavy atom. The largest absolute Gasteiger partial charge is 0.0688 e. The number of hydrogen-bond donors (Lipinski definition) is 0. The fourth-order valence-corrected chi connectivity index (χ4v) is 6.88. The fourth-order valence-electron chi connectivity index (χ4n) is 4.25. The van der Waals surface area contributed by atoms with Crippen LogP contribution in [0.5, 0.6) is 0 Å². The van der Waals surface area contributed by atoms with Gasteiger partial charge in [-0.15, -0.1) is 0 Å². The first-order valence-corrected chi connectivity index (χ1v) is 11.7. The second-order valence-corrected chi connectivity index (χ2v) is 12.9. The minimum absolute atomic E-state index is 0.665. The molecule has 0 saturated heterocycles. The SMILES string of the molecule is CC1=Cc2c(ccc3c2ccc2ccccc23)C1[Si](C)(C)C. The lowest BCUT2D eigenvalue weighted by Crippen LogP contribution is -2.30. The lowest BCUT2D eigenvalue weighted by molar-refractivity contribution is 1.08. The number of allylic oxidation sites excluding steroid dienone is 1. The highest BCUT2D eigenvalue weighted by atomic mass is 28.3. The molecule has 0 radical (unpaired) electrons. The summed E-state index contributed by atoms with van der Waals surface area (Å²) in [5.41, 5.74) is 5.24. The van der Waals surface area contributed by atoms with Gasteiger partial charge in [0.05, 0.1) is 8.07 Å². The smallest absolute Gasteiger partial charge is 0.0569 e. The van der Waals surface area contributed by atoms with Crippen molar-refractivity contribution >= 4 is 35.7 Å². The lowest BCUT2D eigenvalue weighted by atomic mass is 9.96. The van der Waals surface area contributed by atoms with Crippen LogP contribution in [-0.4, -0.2) is 8.07 Å². The van der Waals surface area contributed by atoms with Crippen LogP contribution in [0.4, 0.5) is 0 Å². The van der Waals surface area contributed by atoms with Gasteiger partial charge in [0.1, 0.15) is 0 Å². The second-order valence-electron chi connectivity index (χ2n) is 7.64. The molecule has 1 aliphatic rings. The Balaban J connectivity index is 2.07. The van der Waals surface area contributed by atoms with Gasteiger partial charge in [0.2, 0.25) is 0 Å². The van der Waals surface area contributed by atoms with Gasteiger partial charge in [0, 0.05) is 5.54 Å². The third kappa shape index (κ3) is 1.89. The quantitative estimate of drug-likeness (QED) is 0.362.